The first kappa shape index (κ1) is 38.3. The Hall–Kier alpha value is -8.57. The number of aromatic nitrogens is 11. The highest BCUT2D eigenvalue weighted by molar-refractivity contribution is 6.02. The van der Waals surface area contributed by atoms with Gasteiger partial charge in [0.15, 0.2) is 0 Å². The summed E-state index contributed by atoms with van der Waals surface area (Å²) in [5.41, 5.74) is 11.1. The fraction of sp³-hybridized carbons (Fsp3) is 0. The van der Waals surface area contributed by atoms with Crippen LogP contribution in [0, 0.1) is 0 Å². The Labute approximate surface area is 346 Å². The van der Waals surface area contributed by atoms with Crippen LogP contribution in [-0.4, -0.2) is 55.3 Å². The molecule has 9 heterocycles. The van der Waals surface area contributed by atoms with Crippen LogP contribution in [0.1, 0.15) is 0 Å². The van der Waals surface area contributed by atoms with E-state index in [1.54, 1.807) is 43.4 Å². The molecule has 0 amide bonds. The Kier molecular flexibility index (Phi) is 12.5. The summed E-state index contributed by atoms with van der Waals surface area (Å²) >= 11 is 0. The summed E-state index contributed by atoms with van der Waals surface area (Å²) in [4.78, 5) is 29.9. The zero-order chi connectivity index (χ0) is 40.6. The van der Waals surface area contributed by atoms with Crippen LogP contribution in [0.15, 0.2) is 213 Å². The van der Waals surface area contributed by atoms with Gasteiger partial charge < -0.3 is 0 Å². The standard InChI is InChI=1S/C14H11N3.C13H10N4.C12H8N2.C10H8N2/c1-2-6-11(7-3-1)13-10-14(17-16-13)12-8-4-5-9-15-12;1-3-7-14-10(5-1)12-9-13(17-16-12)11-6-2-4-8-15-11;1-3-9-5-6-10-4-2-8-14-12(10)11(9)13-7-1;1-3-7-11-9(5-1)10-6-2-4-8-12-10/h1-10H,(H,16,17);1-9H,(H,16,17);1-8H;1-8H. The van der Waals surface area contributed by atoms with Crippen LogP contribution in [0.4, 0.5) is 0 Å². The van der Waals surface area contributed by atoms with E-state index in [-0.39, 0.29) is 0 Å². The maximum absolute atomic E-state index is 4.35. The van der Waals surface area contributed by atoms with Crippen LogP contribution >= 0.6 is 0 Å². The van der Waals surface area contributed by atoms with Crippen molar-refractivity contribution < 1.29 is 0 Å². The van der Waals surface area contributed by atoms with Crippen molar-refractivity contribution in [2.75, 3.05) is 0 Å². The number of hydrogen-bond donors (Lipinski definition) is 2. The summed E-state index contributed by atoms with van der Waals surface area (Å²) in [6.45, 7) is 0. The van der Waals surface area contributed by atoms with Gasteiger partial charge in [-0.25, -0.2) is 0 Å². The number of benzene rings is 2. The van der Waals surface area contributed by atoms with Gasteiger partial charge in [-0.3, -0.25) is 45.1 Å². The molecule has 0 aliphatic carbocycles. The number of hydrogen-bond acceptors (Lipinski definition) is 9. The molecule has 60 heavy (non-hydrogen) atoms. The van der Waals surface area contributed by atoms with Crippen LogP contribution in [0.2, 0.25) is 0 Å². The topological polar surface area (TPSA) is 148 Å². The number of pyridine rings is 7. The van der Waals surface area contributed by atoms with Gasteiger partial charge in [-0.05, 0) is 84.9 Å². The summed E-state index contributed by atoms with van der Waals surface area (Å²) in [5.74, 6) is 0. The minimum Gasteiger partial charge on any atom is -0.276 e. The molecule has 0 saturated carbocycles. The average molecular weight is 780 g/mol. The summed E-state index contributed by atoms with van der Waals surface area (Å²) < 4.78 is 0. The van der Waals surface area contributed by atoms with Gasteiger partial charge in [0.2, 0.25) is 0 Å². The molecule has 9 aromatic heterocycles. The minimum atomic E-state index is 0.825. The molecule has 0 radical (unpaired) electrons. The molecule has 0 unspecified atom stereocenters. The lowest BCUT2D eigenvalue weighted by Gasteiger charge is -2.00. The molecule has 0 atom stereocenters. The second-order valence-corrected chi connectivity index (χ2v) is 13.0. The molecule has 11 nitrogen and oxygen atoms in total. The van der Waals surface area contributed by atoms with Crippen LogP contribution in [-0.2, 0) is 0 Å². The lowest BCUT2D eigenvalue weighted by molar-refractivity contribution is 1.08. The van der Waals surface area contributed by atoms with E-state index in [2.05, 4.69) is 79.5 Å². The highest BCUT2D eigenvalue weighted by Crippen LogP contribution is 2.23. The zero-order valence-corrected chi connectivity index (χ0v) is 32.2. The van der Waals surface area contributed by atoms with Gasteiger partial charge in [0, 0.05) is 59.7 Å². The van der Waals surface area contributed by atoms with Gasteiger partial charge in [-0.1, -0.05) is 84.9 Å². The molecular weight excluding hydrogens is 743 g/mol. The molecule has 0 spiro atoms. The molecule has 0 fully saturated rings. The first-order valence-electron chi connectivity index (χ1n) is 19.1. The normalized spacial score (nSPS) is 10.3. The van der Waals surface area contributed by atoms with Crippen LogP contribution in [0.5, 0.6) is 0 Å². The van der Waals surface area contributed by atoms with Crippen LogP contribution < -0.4 is 0 Å². The highest BCUT2D eigenvalue weighted by Gasteiger charge is 2.07. The molecule has 0 bridgehead atoms. The highest BCUT2D eigenvalue weighted by atomic mass is 15.1. The van der Waals surface area contributed by atoms with Gasteiger partial charge in [0.1, 0.15) is 5.69 Å². The largest absolute Gasteiger partial charge is 0.276 e. The molecule has 0 saturated heterocycles. The number of nitrogens with zero attached hydrogens (tertiary/aromatic N) is 9. The monoisotopic (exact) mass is 779 g/mol. The van der Waals surface area contributed by atoms with Crippen molar-refractivity contribution in [2.45, 2.75) is 0 Å². The van der Waals surface area contributed by atoms with E-state index in [0.717, 1.165) is 78.6 Å². The smallest absolute Gasteiger partial charge is 0.111 e. The Bertz CT molecular complexity index is 2650. The number of fused-ring (bicyclic) bond motifs is 3. The van der Waals surface area contributed by atoms with Gasteiger partial charge >= 0.3 is 0 Å². The second-order valence-electron chi connectivity index (χ2n) is 13.0. The number of H-pyrrole nitrogens is 2. The van der Waals surface area contributed by atoms with Gasteiger partial charge in [0.25, 0.3) is 0 Å². The third-order valence-corrected chi connectivity index (χ3v) is 8.97. The Morgan fingerprint density at radius 3 is 1.07 bits per heavy atom. The van der Waals surface area contributed by atoms with E-state index in [0.29, 0.717) is 0 Å². The predicted molar refractivity (Wildman–Crippen MR) is 237 cm³/mol. The summed E-state index contributed by atoms with van der Waals surface area (Å²) in [5, 5.41) is 16.8. The van der Waals surface area contributed by atoms with Crippen molar-refractivity contribution >= 4 is 21.8 Å². The molecule has 2 N–H and O–H groups in total. The second kappa shape index (κ2) is 19.5. The third kappa shape index (κ3) is 9.86. The first-order chi connectivity index (χ1) is 29.8. The number of rotatable bonds is 5. The summed E-state index contributed by atoms with van der Waals surface area (Å²) in [6, 6.07) is 55.1. The fourth-order valence-corrected chi connectivity index (χ4v) is 6.06. The van der Waals surface area contributed by atoms with E-state index < -0.39 is 0 Å². The van der Waals surface area contributed by atoms with Gasteiger partial charge in [0.05, 0.1) is 56.6 Å². The minimum absolute atomic E-state index is 0.825. The molecular formula is C49H37N11. The van der Waals surface area contributed by atoms with E-state index in [9.17, 15) is 0 Å². The zero-order valence-electron chi connectivity index (χ0n) is 32.2. The van der Waals surface area contributed by atoms with E-state index >= 15 is 0 Å². The molecule has 11 heteroatoms. The SMILES string of the molecule is c1ccc(-c2cc(-c3ccccn3)[nH]n2)cc1.c1ccc(-c2cc(-c3ccccn3)[nH]n2)nc1.c1ccc(-c2ccccn2)nc1.c1cnc2c(c1)ccc1cccnc12. The lowest BCUT2D eigenvalue weighted by Crippen LogP contribution is -1.83. The van der Waals surface area contributed by atoms with E-state index in [1.165, 1.54) is 0 Å². The van der Waals surface area contributed by atoms with Gasteiger partial charge in [-0.2, -0.15) is 10.2 Å². The van der Waals surface area contributed by atoms with E-state index in [1.807, 2.05) is 146 Å². The number of aromatic amines is 2. The molecule has 0 aliphatic rings. The Morgan fingerprint density at radius 2 is 0.633 bits per heavy atom. The summed E-state index contributed by atoms with van der Waals surface area (Å²) in [7, 11) is 0. The first-order valence-corrected chi connectivity index (χ1v) is 19.1. The average Bonchev–Trinajstić information content (AvgIpc) is 4.06. The quantitative estimate of drug-likeness (QED) is 0.163. The predicted octanol–water partition coefficient (Wildman–Crippen LogP) is 10.6. The molecule has 2 aromatic carbocycles. The van der Waals surface area contributed by atoms with Crippen molar-refractivity contribution in [3.63, 3.8) is 0 Å². The molecule has 11 aromatic rings. The maximum atomic E-state index is 4.35. The maximum Gasteiger partial charge on any atom is 0.111 e. The summed E-state index contributed by atoms with van der Waals surface area (Å²) in [6.07, 6.45) is 12.4. The van der Waals surface area contributed by atoms with Crippen molar-refractivity contribution in [3.8, 4) is 56.8 Å². The van der Waals surface area contributed by atoms with Crippen molar-refractivity contribution in [1.29, 1.82) is 0 Å². The molecule has 288 valence electrons. The lowest BCUT2D eigenvalue weighted by atomic mass is 10.1. The van der Waals surface area contributed by atoms with Crippen LogP contribution in [0.3, 0.4) is 0 Å². The van der Waals surface area contributed by atoms with Crippen LogP contribution in [0.25, 0.3) is 78.6 Å². The Morgan fingerprint density at radius 1 is 0.267 bits per heavy atom. The fourth-order valence-electron chi connectivity index (χ4n) is 6.06. The van der Waals surface area contributed by atoms with E-state index in [4.69, 9.17) is 0 Å². The van der Waals surface area contributed by atoms with Crippen molar-refractivity contribution in [1.82, 2.24) is 55.3 Å². The molecule has 0 aliphatic heterocycles. The third-order valence-electron chi connectivity index (χ3n) is 8.97. The van der Waals surface area contributed by atoms with Gasteiger partial charge in [-0.15, -0.1) is 0 Å². The van der Waals surface area contributed by atoms with Crippen molar-refractivity contribution in [3.05, 3.63) is 213 Å². The van der Waals surface area contributed by atoms with Crippen molar-refractivity contribution in [2.24, 2.45) is 0 Å². The molecule has 11 rings (SSSR count). The number of nitrogens with one attached hydrogen (secondary N) is 2. The Balaban J connectivity index is 0.000000112.